The molecule has 1 saturated heterocycles. The van der Waals surface area contributed by atoms with Gasteiger partial charge in [-0.1, -0.05) is 11.6 Å². The summed E-state index contributed by atoms with van der Waals surface area (Å²) in [6.45, 7) is 1.48. The van der Waals surface area contributed by atoms with Crippen molar-refractivity contribution >= 4 is 28.7 Å². The Morgan fingerprint density at radius 3 is 3.14 bits per heavy atom. The SMILES string of the molecule is O=[N+]([O-])c1cc(Cl)ccc1Nc1cnn(C[C@H]2CCCO2)c1. The van der Waals surface area contributed by atoms with Gasteiger partial charge in [0, 0.05) is 23.9 Å². The molecule has 7 nitrogen and oxygen atoms in total. The molecule has 22 heavy (non-hydrogen) atoms. The molecule has 1 aromatic carbocycles. The summed E-state index contributed by atoms with van der Waals surface area (Å²) in [5.74, 6) is 0. The molecule has 1 aromatic heterocycles. The summed E-state index contributed by atoms with van der Waals surface area (Å²) in [7, 11) is 0. The van der Waals surface area contributed by atoms with Crippen molar-refractivity contribution in [1.82, 2.24) is 9.78 Å². The highest BCUT2D eigenvalue weighted by Crippen LogP contribution is 2.30. The van der Waals surface area contributed by atoms with Crippen LogP contribution in [0.2, 0.25) is 5.02 Å². The van der Waals surface area contributed by atoms with Gasteiger partial charge in [0.05, 0.1) is 29.5 Å². The maximum Gasteiger partial charge on any atom is 0.294 e. The quantitative estimate of drug-likeness (QED) is 0.674. The van der Waals surface area contributed by atoms with Crippen LogP contribution in [0.5, 0.6) is 0 Å². The number of nitrogens with zero attached hydrogens (tertiary/aromatic N) is 3. The summed E-state index contributed by atoms with van der Waals surface area (Å²) in [5.41, 5.74) is 0.994. The van der Waals surface area contributed by atoms with Gasteiger partial charge < -0.3 is 10.1 Å². The second-order valence-corrected chi connectivity index (χ2v) is 5.57. The number of nitro groups is 1. The third-order valence-electron chi connectivity index (χ3n) is 3.48. The molecule has 2 heterocycles. The Labute approximate surface area is 132 Å². The highest BCUT2D eigenvalue weighted by atomic mass is 35.5. The fraction of sp³-hybridized carbons (Fsp3) is 0.357. The Kier molecular flexibility index (Phi) is 4.26. The van der Waals surface area contributed by atoms with E-state index in [0.29, 0.717) is 22.9 Å². The number of aromatic nitrogens is 2. The zero-order valence-electron chi connectivity index (χ0n) is 11.7. The van der Waals surface area contributed by atoms with E-state index >= 15 is 0 Å². The molecule has 0 amide bonds. The Hall–Kier alpha value is -2.12. The Morgan fingerprint density at radius 1 is 1.55 bits per heavy atom. The second kappa shape index (κ2) is 6.33. The molecule has 116 valence electrons. The lowest BCUT2D eigenvalue weighted by atomic mass is 10.2. The predicted molar refractivity (Wildman–Crippen MR) is 82.6 cm³/mol. The molecule has 1 aliphatic heterocycles. The Bertz CT molecular complexity index is 682. The van der Waals surface area contributed by atoms with E-state index in [1.165, 1.54) is 6.07 Å². The van der Waals surface area contributed by atoms with Crippen molar-refractivity contribution in [1.29, 1.82) is 0 Å². The molecule has 3 rings (SSSR count). The van der Waals surface area contributed by atoms with Crippen molar-refractivity contribution in [3.8, 4) is 0 Å². The van der Waals surface area contributed by atoms with Crippen LogP contribution in [0.1, 0.15) is 12.8 Å². The van der Waals surface area contributed by atoms with E-state index < -0.39 is 4.92 Å². The Balaban J connectivity index is 1.73. The first-order valence-electron chi connectivity index (χ1n) is 6.97. The smallest absolute Gasteiger partial charge is 0.294 e. The normalized spacial score (nSPS) is 17.6. The highest BCUT2D eigenvalue weighted by molar-refractivity contribution is 6.30. The number of anilines is 2. The molecule has 8 heteroatoms. The summed E-state index contributed by atoms with van der Waals surface area (Å²) in [6.07, 6.45) is 5.74. The maximum absolute atomic E-state index is 11.1. The van der Waals surface area contributed by atoms with Crippen LogP contribution in [-0.2, 0) is 11.3 Å². The number of hydrogen-bond donors (Lipinski definition) is 1. The largest absolute Gasteiger partial charge is 0.376 e. The van der Waals surface area contributed by atoms with Gasteiger partial charge in [-0.3, -0.25) is 14.8 Å². The number of nitrogens with one attached hydrogen (secondary N) is 1. The molecule has 1 N–H and O–H groups in total. The molecule has 1 fully saturated rings. The topological polar surface area (TPSA) is 82.2 Å². The summed E-state index contributed by atoms with van der Waals surface area (Å²) in [5, 5.41) is 18.6. The molecule has 0 radical (unpaired) electrons. The van der Waals surface area contributed by atoms with E-state index in [1.54, 1.807) is 29.2 Å². The molecular formula is C14H15ClN4O3. The lowest BCUT2D eigenvalue weighted by molar-refractivity contribution is -0.383. The van der Waals surface area contributed by atoms with E-state index in [4.69, 9.17) is 16.3 Å². The van der Waals surface area contributed by atoms with Crippen LogP contribution in [0.3, 0.4) is 0 Å². The van der Waals surface area contributed by atoms with Gasteiger partial charge in [-0.05, 0) is 25.0 Å². The number of halogens is 1. The third kappa shape index (κ3) is 3.37. The first-order chi connectivity index (χ1) is 10.6. The zero-order chi connectivity index (χ0) is 15.5. The molecule has 1 aliphatic rings. The fourth-order valence-corrected chi connectivity index (χ4v) is 2.61. The standard InChI is InChI=1S/C14H15ClN4O3/c15-10-3-4-13(14(6-10)19(20)21)17-11-7-16-18(8-11)9-12-2-1-5-22-12/h3-4,6-8,12,17H,1-2,5,9H2/t12-/m1/s1. The van der Waals surface area contributed by atoms with Crippen molar-refractivity contribution in [2.24, 2.45) is 0 Å². The minimum Gasteiger partial charge on any atom is -0.376 e. The van der Waals surface area contributed by atoms with E-state index in [1.807, 2.05) is 0 Å². The van der Waals surface area contributed by atoms with E-state index in [0.717, 1.165) is 19.4 Å². The van der Waals surface area contributed by atoms with Gasteiger partial charge in [0.25, 0.3) is 5.69 Å². The minimum atomic E-state index is -0.467. The van der Waals surface area contributed by atoms with Crippen molar-refractivity contribution < 1.29 is 9.66 Å². The van der Waals surface area contributed by atoms with Crippen LogP contribution in [0.25, 0.3) is 0 Å². The number of hydrogen-bond acceptors (Lipinski definition) is 5. The van der Waals surface area contributed by atoms with Gasteiger partial charge in [0.1, 0.15) is 5.69 Å². The van der Waals surface area contributed by atoms with Crippen molar-refractivity contribution in [3.63, 3.8) is 0 Å². The van der Waals surface area contributed by atoms with E-state index in [9.17, 15) is 10.1 Å². The first kappa shape index (κ1) is 14.8. The summed E-state index contributed by atoms with van der Waals surface area (Å²) in [4.78, 5) is 10.6. The number of rotatable bonds is 5. The van der Waals surface area contributed by atoms with Gasteiger partial charge in [-0.15, -0.1) is 0 Å². The van der Waals surface area contributed by atoms with Gasteiger partial charge in [0.15, 0.2) is 0 Å². The Morgan fingerprint density at radius 2 is 2.41 bits per heavy atom. The van der Waals surface area contributed by atoms with Crippen molar-refractivity contribution in [2.45, 2.75) is 25.5 Å². The van der Waals surface area contributed by atoms with Crippen LogP contribution >= 0.6 is 11.6 Å². The van der Waals surface area contributed by atoms with Gasteiger partial charge >= 0.3 is 0 Å². The summed E-state index contributed by atoms with van der Waals surface area (Å²) >= 11 is 5.80. The van der Waals surface area contributed by atoms with Crippen LogP contribution < -0.4 is 5.32 Å². The van der Waals surface area contributed by atoms with Gasteiger partial charge in [-0.2, -0.15) is 5.10 Å². The average molecular weight is 323 g/mol. The molecule has 0 saturated carbocycles. The van der Waals surface area contributed by atoms with Crippen LogP contribution in [0.15, 0.2) is 30.6 Å². The molecule has 0 unspecified atom stereocenters. The third-order valence-corrected chi connectivity index (χ3v) is 3.72. The number of ether oxygens (including phenoxy) is 1. The van der Waals surface area contributed by atoms with Crippen LogP contribution in [0.4, 0.5) is 17.1 Å². The molecule has 2 aromatic rings. The van der Waals surface area contributed by atoms with E-state index in [-0.39, 0.29) is 11.8 Å². The summed E-state index contributed by atoms with van der Waals surface area (Å²) in [6, 6.07) is 4.51. The molecule has 0 spiro atoms. The molecular weight excluding hydrogens is 308 g/mol. The molecule has 0 aliphatic carbocycles. The molecule has 0 bridgehead atoms. The second-order valence-electron chi connectivity index (χ2n) is 5.13. The number of benzene rings is 1. The molecule has 1 atom stereocenters. The fourth-order valence-electron chi connectivity index (χ4n) is 2.44. The average Bonchev–Trinajstić information content (AvgIpc) is 3.13. The van der Waals surface area contributed by atoms with Gasteiger partial charge in [0.2, 0.25) is 0 Å². The predicted octanol–water partition coefficient (Wildman–Crippen LogP) is 3.37. The lowest BCUT2D eigenvalue weighted by Gasteiger charge is -2.08. The lowest BCUT2D eigenvalue weighted by Crippen LogP contribution is -2.15. The summed E-state index contributed by atoms with van der Waals surface area (Å²) < 4.78 is 7.34. The van der Waals surface area contributed by atoms with Crippen molar-refractivity contribution in [3.05, 3.63) is 45.7 Å². The number of nitro benzene ring substituents is 1. The maximum atomic E-state index is 11.1. The first-order valence-corrected chi connectivity index (χ1v) is 7.34. The van der Waals surface area contributed by atoms with E-state index in [2.05, 4.69) is 10.4 Å². The zero-order valence-corrected chi connectivity index (χ0v) is 12.5. The monoisotopic (exact) mass is 322 g/mol. The van der Waals surface area contributed by atoms with Crippen molar-refractivity contribution in [2.75, 3.05) is 11.9 Å². The minimum absolute atomic E-state index is 0.0700. The highest BCUT2D eigenvalue weighted by Gasteiger charge is 2.17. The van der Waals surface area contributed by atoms with Gasteiger partial charge in [-0.25, -0.2) is 0 Å². The van der Waals surface area contributed by atoms with Crippen LogP contribution in [0, 0.1) is 10.1 Å². The van der Waals surface area contributed by atoms with Crippen LogP contribution in [-0.4, -0.2) is 27.4 Å².